The van der Waals surface area contributed by atoms with Crippen molar-refractivity contribution >= 4 is 21.6 Å². The lowest BCUT2D eigenvalue weighted by molar-refractivity contribution is -0.274. The highest BCUT2D eigenvalue weighted by Gasteiger charge is 2.31. The van der Waals surface area contributed by atoms with E-state index in [0.717, 1.165) is 12.1 Å². The van der Waals surface area contributed by atoms with Gasteiger partial charge in [-0.2, -0.15) is 0 Å². The normalized spacial score (nSPS) is 11.9. The number of benzene rings is 2. The first-order valence-corrected chi connectivity index (χ1v) is 9.35. The van der Waals surface area contributed by atoms with Gasteiger partial charge in [0.2, 0.25) is 10.0 Å². The number of rotatable bonds is 8. The summed E-state index contributed by atoms with van der Waals surface area (Å²) in [5.74, 6) is -1.06. The van der Waals surface area contributed by atoms with Gasteiger partial charge >= 0.3 is 6.36 Å². The Hall–Kier alpha value is -2.63. The summed E-state index contributed by atoms with van der Waals surface area (Å²) in [4.78, 5) is 12.2. The van der Waals surface area contributed by atoms with Crippen LogP contribution < -0.4 is 14.8 Å². The lowest BCUT2D eigenvalue weighted by atomic mass is 10.2. The average Bonchev–Trinajstić information content (AvgIpc) is 2.62. The van der Waals surface area contributed by atoms with Crippen molar-refractivity contribution in [3.8, 4) is 5.75 Å². The molecule has 1 amide bonds. The van der Waals surface area contributed by atoms with Crippen LogP contribution in [0, 0.1) is 0 Å². The summed E-state index contributed by atoms with van der Waals surface area (Å²) in [6.45, 7) is 0.259. The maximum atomic E-state index is 12.3. The van der Waals surface area contributed by atoms with Gasteiger partial charge < -0.3 is 14.8 Å². The molecule has 0 aliphatic carbocycles. The molecule has 2 N–H and O–H groups in total. The van der Waals surface area contributed by atoms with Crippen LogP contribution in [0.4, 0.5) is 18.9 Å². The lowest BCUT2D eigenvalue weighted by Crippen LogP contribution is -2.27. The fourth-order valence-corrected chi connectivity index (χ4v) is 3.17. The summed E-state index contributed by atoms with van der Waals surface area (Å²) in [6, 6.07) is 9.87. The number of halogens is 3. The molecule has 2 rings (SSSR count). The molecular weight excluding hydrogens is 401 g/mol. The second-order valence-corrected chi connectivity index (χ2v) is 7.21. The van der Waals surface area contributed by atoms with Crippen molar-refractivity contribution in [1.82, 2.24) is 4.72 Å². The molecule has 0 aromatic heterocycles. The first kappa shape index (κ1) is 21.7. The van der Waals surface area contributed by atoms with Crippen LogP contribution in [0.3, 0.4) is 0 Å². The van der Waals surface area contributed by atoms with Gasteiger partial charge in [-0.05, 0) is 42.5 Å². The van der Waals surface area contributed by atoms with Crippen LogP contribution in [0.25, 0.3) is 0 Å². The highest BCUT2D eigenvalue weighted by Crippen LogP contribution is 2.24. The third-order valence-corrected chi connectivity index (χ3v) is 4.81. The predicted octanol–water partition coefficient (Wildman–Crippen LogP) is 2.76. The second kappa shape index (κ2) is 9.04. The monoisotopic (exact) mass is 418 g/mol. The number of ether oxygens (including phenoxy) is 2. The number of amides is 1. The van der Waals surface area contributed by atoms with Gasteiger partial charge in [-0.3, -0.25) is 4.79 Å². The number of nitrogens with one attached hydrogen (secondary N) is 2. The Morgan fingerprint density at radius 3 is 2.39 bits per heavy atom. The van der Waals surface area contributed by atoms with Gasteiger partial charge in [0, 0.05) is 24.9 Å². The molecule has 11 heteroatoms. The fraction of sp³-hybridized carbons (Fsp3) is 0.235. The van der Waals surface area contributed by atoms with Crippen LogP contribution in [0.1, 0.15) is 10.4 Å². The van der Waals surface area contributed by atoms with Crippen molar-refractivity contribution in [3.63, 3.8) is 0 Å². The van der Waals surface area contributed by atoms with E-state index in [1.807, 2.05) is 0 Å². The van der Waals surface area contributed by atoms with Gasteiger partial charge in [0.25, 0.3) is 5.91 Å². The summed E-state index contributed by atoms with van der Waals surface area (Å²) < 4.78 is 71.7. The summed E-state index contributed by atoms with van der Waals surface area (Å²) in [6.07, 6.45) is -4.81. The molecule has 2 aromatic carbocycles. The number of methoxy groups -OCH3 is 1. The van der Waals surface area contributed by atoms with Crippen LogP contribution in [0.15, 0.2) is 53.4 Å². The van der Waals surface area contributed by atoms with E-state index in [1.165, 1.54) is 43.5 Å². The van der Waals surface area contributed by atoms with Gasteiger partial charge in [-0.15, -0.1) is 13.2 Å². The van der Waals surface area contributed by atoms with Crippen molar-refractivity contribution < 1.29 is 35.9 Å². The molecule has 7 nitrogen and oxygen atoms in total. The van der Waals surface area contributed by atoms with Gasteiger partial charge in [0.15, 0.2) is 0 Å². The van der Waals surface area contributed by atoms with E-state index in [9.17, 15) is 26.4 Å². The highest BCUT2D eigenvalue weighted by atomic mass is 32.2. The summed E-state index contributed by atoms with van der Waals surface area (Å²) in [5.41, 5.74) is 0.274. The maximum Gasteiger partial charge on any atom is 0.573 e. The SMILES string of the molecule is COCCNS(=O)(=O)c1cccc(C(=O)Nc2ccc(OC(F)(F)F)cc2)c1. The molecule has 0 atom stereocenters. The molecule has 0 spiro atoms. The zero-order valence-electron chi connectivity index (χ0n) is 14.6. The predicted molar refractivity (Wildman–Crippen MR) is 94.6 cm³/mol. The molecule has 0 saturated heterocycles. The van der Waals surface area contributed by atoms with Crippen molar-refractivity contribution in [2.24, 2.45) is 0 Å². The van der Waals surface area contributed by atoms with E-state index in [0.29, 0.717) is 0 Å². The number of carbonyl (C=O) groups is 1. The van der Waals surface area contributed by atoms with Crippen molar-refractivity contribution in [3.05, 3.63) is 54.1 Å². The smallest absolute Gasteiger partial charge is 0.406 e. The number of anilines is 1. The van der Waals surface area contributed by atoms with Gasteiger partial charge in [0.1, 0.15) is 5.75 Å². The number of hydrogen-bond acceptors (Lipinski definition) is 5. The molecule has 0 saturated carbocycles. The molecular formula is C17H17F3N2O5S. The molecule has 0 aliphatic rings. The molecule has 0 bridgehead atoms. The van der Waals surface area contributed by atoms with Crippen LogP contribution in [-0.4, -0.2) is 40.9 Å². The van der Waals surface area contributed by atoms with E-state index >= 15 is 0 Å². The Bertz CT molecular complexity index is 915. The van der Waals surface area contributed by atoms with Gasteiger partial charge in [0.05, 0.1) is 11.5 Å². The first-order chi connectivity index (χ1) is 13.1. The minimum absolute atomic E-state index is 0.0604. The average molecular weight is 418 g/mol. The number of carbonyl (C=O) groups excluding carboxylic acids is 1. The summed E-state index contributed by atoms with van der Waals surface area (Å²) in [5, 5.41) is 2.47. The topological polar surface area (TPSA) is 93.7 Å². The Labute approximate surface area is 159 Å². The minimum atomic E-state index is -4.81. The fourth-order valence-electron chi connectivity index (χ4n) is 2.11. The van der Waals surface area contributed by atoms with Crippen molar-refractivity contribution in [2.75, 3.05) is 25.6 Å². The third kappa shape index (κ3) is 6.51. The second-order valence-electron chi connectivity index (χ2n) is 5.44. The maximum absolute atomic E-state index is 12.3. The van der Waals surface area contributed by atoms with Gasteiger partial charge in [-0.25, -0.2) is 13.1 Å². The summed E-state index contributed by atoms with van der Waals surface area (Å²) >= 11 is 0. The van der Waals surface area contributed by atoms with Crippen LogP contribution >= 0.6 is 0 Å². The van der Waals surface area contributed by atoms with Crippen molar-refractivity contribution in [1.29, 1.82) is 0 Å². The molecule has 0 radical (unpaired) electrons. The largest absolute Gasteiger partial charge is 0.573 e. The van der Waals surface area contributed by atoms with Crippen molar-refractivity contribution in [2.45, 2.75) is 11.3 Å². The van der Waals surface area contributed by atoms with E-state index in [1.54, 1.807) is 0 Å². The number of hydrogen-bond donors (Lipinski definition) is 2. The first-order valence-electron chi connectivity index (χ1n) is 7.86. The minimum Gasteiger partial charge on any atom is -0.406 e. The molecule has 2 aromatic rings. The lowest BCUT2D eigenvalue weighted by Gasteiger charge is -2.11. The number of sulfonamides is 1. The van der Waals surface area contributed by atoms with Gasteiger partial charge in [-0.1, -0.05) is 6.07 Å². The third-order valence-electron chi connectivity index (χ3n) is 3.35. The Morgan fingerprint density at radius 2 is 1.79 bits per heavy atom. The van der Waals surface area contributed by atoms with E-state index in [2.05, 4.69) is 14.8 Å². The zero-order chi connectivity index (χ0) is 20.8. The van der Waals surface area contributed by atoms with Crippen LogP contribution in [0.5, 0.6) is 5.75 Å². The molecule has 28 heavy (non-hydrogen) atoms. The molecule has 0 unspecified atom stereocenters. The Kier molecular flexibility index (Phi) is 7.00. The Balaban J connectivity index is 2.08. The molecule has 152 valence electrons. The van der Waals surface area contributed by atoms with E-state index < -0.39 is 28.0 Å². The molecule has 0 heterocycles. The quantitative estimate of drug-likeness (QED) is 0.643. The van der Waals surface area contributed by atoms with Crippen LogP contribution in [-0.2, 0) is 14.8 Å². The highest BCUT2D eigenvalue weighted by molar-refractivity contribution is 7.89. The van der Waals surface area contributed by atoms with E-state index in [-0.39, 0.29) is 29.3 Å². The molecule has 0 aliphatic heterocycles. The Morgan fingerprint density at radius 1 is 1.11 bits per heavy atom. The zero-order valence-corrected chi connectivity index (χ0v) is 15.4. The van der Waals surface area contributed by atoms with E-state index in [4.69, 9.17) is 4.74 Å². The number of alkyl halides is 3. The molecule has 0 fully saturated rings. The standard InChI is InChI=1S/C17H17F3N2O5S/c1-26-10-9-21-28(24,25)15-4-2-3-12(11-15)16(23)22-13-5-7-14(8-6-13)27-17(18,19)20/h2-8,11,21H,9-10H2,1H3,(H,22,23). The summed E-state index contributed by atoms with van der Waals surface area (Å²) in [7, 11) is -2.39. The van der Waals surface area contributed by atoms with Crippen LogP contribution in [0.2, 0.25) is 0 Å².